The van der Waals surface area contributed by atoms with E-state index in [-0.39, 0.29) is 12.1 Å². The SMILES string of the molecule is CCN1CCOC(C(Cc2ccccc2Br)NN)C1. The van der Waals surface area contributed by atoms with Crippen LogP contribution in [0.15, 0.2) is 28.7 Å². The monoisotopic (exact) mass is 327 g/mol. The first kappa shape index (κ1) is 14.9. The molecule has 0 saturated carbocycles. The molecule has 1 aromatic rings. The molecule has 0 amide bonds. The first-order valence-corrected chi connectivity index (χ1v) is 7.57. The number of rotatable bonds is 5. The van der Waals surface area contributed by atoms with Crippen LogP contribution >= 0.6 is 15.9 Å². The highest BCUT2D eigenvalue weighted by Gasteiger charge is 2.27. The van der Waals surface area contributed by atoms with Gasteiger partial charge in [-0.25, -0.2) is 0 Å². The van der Waals surface area contributed by atoms with E-state index in [1.807, 2.05) is 12.1 Å². The maximum Gasteiger partial charge on any atom is 0.0871 e. The molecule has 106 valence electrons. The Bertz CT molecular complexity index is 402. The van der Waals surface area contributed by atoms with Gasteiger partial charge in [-0.2, -0.15) is 0 Å². The van der Waals surface area contributed by atoms with Crippen molar-refractivity contribution in [3.63, 3.8) is 0 Å². The Kier molecular flexibility index (Phi) is 5.78. The molecule has 1 saturated heterocycles. The van der Waals surface area contributed by atoms with E-state index in [1.165, 1.54) is 5.56 Å². The fraction of sp³-hybridized carbons (Fsp3) is 0.571. The van der Waals surface area contributed by atoms with Gasteiger partial charge in [0.25, 0.3) is 0 Å². The van der Waals surface area contributed by atoms with Gasteiger partial charge in [0, 0.05) is 17.6 Å². The van der Waals surface area contributed by atoms with Crippen LogP contribution in [0.25, 0.3) is 0 Å². The van der Waals surface area contributed by atoms with Gasteiger partial charge in [0.05, 0.1) is 18.8 Å². The van der Waals surface area contributed by atoms with Crippen molar-refractivity contribution in [2.24, 2.45) is 5.84 Å². The molecule has 1 fully saturated rings. The van der Waals surface area contributed by atoms with Crippen LogP contribution in [0.1, 0.15) is 12.5 Å². The van der Waals surface area contributed by atoms with Gasteiger partial charge in [0.15, 0.2) is 0 Å². The molecular formula is C14H22BrN3O. The third kappa shape index (κ3) is 4.00. The highest BCUT2D eigenvalue weighted by Crippen LogP contribution is 2.20. The fourth-order valence-corrected chi connectivity index (χ4v) is 2.91. The zero-order valence-corrected chi connectivity index (χ0v) is 12.9. The Morgan fingerprint density at radius 1 is 1.53 bits per heavy atom. The predicted octanol–water partition coefficient (Wildman–Crippen LogP) is 1.54. The average molecular weight is 328 g/mol. The van der Waals surface area contributed by atoms with Crippen molar-refractivity contribution in [3.8, 4) is 0 Å². The number of morpholine rings is 1. The van der Waals surface area contributed by atoms with E-state index in [9.17, 15) is 0 Å². The summed E-state index contributed by atoms with van der Waals surface area (Å²) < 4.78 is 7.00. The molecule has 0 aromatic heterocycles. The second-order valence-corrected chi connectivity index (χ2v) is 5.73. The van der Waals surface area contributed by atoms with Gasteiger partial charge >= 0.3 is 0 Å². The average Bonchev–Trinajstić information content (AvgIpc) is 2.46. The number of hydrazine groups is 1. The lowest BCUT2D eigenvalue weighted by Crippen LogP contribution is -2.54. The van der Waals surface area contributed by atoms with Crippen molar-refractivity contribution in [2.45, 2.75) is 25.5 Å². The van der Waals surface area contributed by atoms with Gasteiger partial charge in [-0.15, -0.1) is 0 Å². The predicted molar refractivity (Wildman–Crippen MR) is 80.8 cm³/mol. The molecule has 19 heavy (non-hydrogen) atoms. The molecule has 5 heteroatoms. The van der Waals surface area contributed by atoms with Gasteiger partial charge < -0.3 is 4.74 Å². The molecule has 3 N–H and O–H groups in total. The molecule has 2 atom stereocenters. The maximum atomic E-state index is 5.88. The van der Waals surface area contributed by atoms with Gasteiger partial charge in [-0.3, -0.25) is 16.2 Å². The number of benzene rings is 1. The second kappa shape index (κ2) is 7.36. The zero-order chi connectivity index (χ0) is 13.7. The Hall–Kier alpha value is -0.460. The Morgan fingerprint density at radius 2 is 2.32 bits per heavy atom. The molecule has 0 spiro atoms. The summed E-state index contributed by atoms with van der Waals surface area (Å²) in [4.78, 5) is 2.40. The minimum atomic E-state index is 0.132. The minimum absolute atomic E-state index is 0.132. The number of ether oxygens (including phenoxy) is 1. The third-order valence-corrected chi connectivity index (χ3v) is 4.46. The lowest BCUT2D eigenvalue weighted by molar-refractivity contribution is -0.0448. The molecular weight excluding hydrogens is 306 g/mol. The van der Waals surface area contributed by atoms with Crippen molar-refractivity contribution in [3.05, 3.63) is 34.3 Å². The quantitative estimate of drug-likeness (QED) is 0.636. The van der Waals surface area contributed by atoms with Gasteiger partial charge in [-0.1, -0.05) is 41.1 Å². The Morgan fingerprint density at radius 3 is 3.00 bits per heavy atom. The van der Waals surface area contributed by atoms with Crippen LogP contribution in [0.5, 0.6) is 0 Å². The van der Waals surface area contributed by atoms with Crippen LogP contribution in [0.3, 0.4) is 0 Å². The summed E-state index contributed by atoms with van der Waals surface area (Å²) in [5.41, 5.74) is 4.17. The van der Waals surface area contributed by atoms with E-state index in [0.29, 0.717) is 0 Å². The molecule has 1 aliphatic heterocycles. The normalized spacial score (nSPS) is 22.4. The number of nitrogens with one attached hydrogen (secondary N) is 1. The number of nitrogens with two attached hydrogens (primary N) is 1. The Labute approximate surface area is 123 Å². The van der Waals surface area contributed by atoms with Crippen LogP contribution in [0, 0.1) is 0 Å². The number of hydrogen-bond donors (Lipinski definition) is 2. The van der Waals surface area contributed by atoms with Crippen molar-refractivity contribution < 1.29 is 4.74 Å². The summed E-state index contributed by atoms with van der Waals surface area (Å²) in [6.07, 6.45) is 1.01. The molecule has 1 heterocycles. The molecule has 1 aliphatic rings. The van der Waals surface area contributed by atoms with E-state index < -0.39 is 0 Å². The highest BCUT2D eigenvalue weighted by atomic mass is 79.9. The first-order valence-electron chi connectivity index (χ1n) is 6.78. The van der Waals surface area contributed by atoms with E-state index in [4.69, 9.17) is 10.6 Å². The first-order chi connectivity index (χ1) is 9.24. The summed E-state index contributed by atoms with van der Waals surface area (Å²) in [7, 11) is 0. The van der Waals surface area contributed by atoms with Gasteiger partial charge in [0.1, 0.15) is 0 Å². The van der Waals surface area contributed by atoms with E-state index in [0.717, 1.165) is 37.1 Å². The molecule has 0 aliphatic carbocycles. The lowest BCUT2D eigenvalue weighted by Gasteiger charge is -2.36. The summed E-state index contributed by atoms with van der Waals surface area (Å²) in [6.45, 7) is 5.98. The molecule has 2 unspecified atom stereocenters. The minimum Gasteiger partial charge on any atom is -0.374 e. The Balaban J connectivity index is 2.01. The molecule has 0 bridgehead atoms. The lowest BCUT2D eigenvalue weighted by atomic mass is 10.0. The molecule has 1 aromatic carbocycles. The van der Waals surface area contributed by atoms with Crippen molar-refractivity contribution in [2.75, 3.05) is 26.2 Å². The maximum absolute atomic E-state index is 5.88. The van der Waals surface area contributed by atoms with Crippen LogP contribution in [0.2, 0.25) is 0 Å². The molecule has 2 rings (SSSR count). The fourth-order valence-electron chi connectivity index (χ4n) is 2.46. The second-order valence-electron chi connectivity index (χ2n) is 4.87. The summed E-state index contributed by atoms with van der Waals surface area (Å²) in [5.74, 6) is 5.72. The third-order valence-electron chi connectivity index (χ3n) is 3.69. The topological polar surface area (TPSA) is 50.5 Å². The standard InChI is InChI=1S/C14H22BrN3O/c1-2-18-7-8-19-14(10-18)13(17-16)9-11-5-3-4-6-12(11)15/h3-6,13-14,17H,2,7-10,16H2,1H3. The van der Waals surface area contributed by atoms with Crippen LogP contribution in [0.4, 0.5) is 0 Å². The van der Waals surface area contributed by atoms with Gasteiger partial charge in [-0.05, 0) is 24.6 Å². The van der Waals surface area contributed by atoms with Crippen LogP contribution < -0.4 is 11.3 Å². The number of likely N-dealkylation sites (N-methyl/N-ethyl adjacent to an activating group) is 1. The van der Waals surface area contributed by atoms with Crippen LogP contribution in [-0.2, 0) is 11.2 Å². The number of halogens is 1. The van der Waals surface area contributed by atoms with Crippen molar-refractivity contribution >= 4 is 15.9 Å². The van der Waals surface area contributed by atoms with Crippen LogP contribution in [-0.4, -0.2) is 43.3 Å². The summed E-state index contributed by atoms with van der Waals surface area (Å²) >= 11 is 3.58. The highest BCUT2D eigenvalue weighted by molar-refractivity contribution is 9.10. The van der Waals surface area contributed by atoms with Crippen molar-refractivity contribution in [1.82, 2.24) is 10.3 Å². The number of hydrogen-bond acceptors (Lipinski definition) is 4. The van der Waals surface area contributed by atoms with Crippen molar-refractivity contribution in [1.29, 1.82) is 0 Å². The molecule has 4 nitrogen and oxygen atoms in total. The van der Waals surface area contributed by atoms with E-state index >= 15 is 0 Å². The molecule has 0 radical (unpaired) electrons. The van der Waals surface area contributed by atoms with Gasteiger partial charge in [0.2, 0.25) is 0 Å². The largest absolute Gasteiger partial charge is 0.374 e. The number of nitrogens with zero attached hydrogens (tertiary/aromatic N) is 1. The summed E-state index contributed by atoms with van der Waals surface area (Å²) in [6, 6.07) is 8.38. The van der Waals surface area contributed by atoms with E-state index in [1.54, 1.807) is 0 Å². The summed E-state index contributed by atoms with van der Waals surface area (Å²) in [5, 5.41) is 0. The smallest absolute Gasteiger partial charge is 0.0871 e. The van der Waals surface area contributed by atoms with E-state index in [2.05, 4.69) is 45.3 Å². The zero-order valence-electron chi connectivity index (χ0n) is 11.3.